The Labute approximate surface area is 137 Å². The maximum atomic E-state index is 11.8. The van der Waals surface area contributed by atoms with Crippen LogP contribution in [-0.4, -0.2) is 32.1 Å². The molecule has 3 N–H and O–H groups in total. The summed E-state index contributed by atoms with van der Waals surface area (Å²) in [6, 6.07) is 7.11. The third-order valence-corrected chi connectivity index (χ3v) is 3.35. The van der Waals surface area contributed by atoms with E-state index < -0.39 is 6.03 Å². The SMILES string of the molecule is CC(C)CCNC(=O)NC(=O)C[NH+](C)Cc1cccc(Cl)c1. The highest BCUT2D eigenvalue weighted by atomic mass is 35.5. The Morgan fingerprint density at radius 3 is 2.68 bits per heavy atom. The molecule has 1 aromatic rings. The number of carbonyl (C=O) groups is 2. The van der Waals surface area contributed by atoms with E-state index in [1.165, 1.54) is 0 Å². The zero-order valence-electron chi connectivity index (χ0n) is 13.4. The van der Waals surface area contributed by atoms with Gasteiger partial charge in [0.25, 0.3) is 5.91 Å². The van der Waals surface area contributed by atoms with E-state index >= 15 is 0 Å². The summed E-state index contributed by atoms with van der Waals surface area (Å²) in [7, 11) is 1.90. The molecule has 122 valence electrons. The van der Waals surface area contributed by atoms with E-state index in [9.17, 15) is 9.59 Å². The minimum absolute atomic E-state index is 0.226. The molecule has 1 aromatic carbocycles. The van der Waals surface area contributed by atoms with E-state index in [2.05, 4.69) is 24.5 Å². The summed E-state index contributed by atoms with van der Waals surface area (Å²) in [6.07, 6.45) is 0.890. The fourth-order valence-electron chi connectivity index (χ4n) is 2.02. The van der Waals surface area contributed by atoms with Crippen molar-refractivity contribution in [2.24, 2.45) is 5.92 Å². The molecule has 0 aromatic heterocycles. The third-order valence-electron chi connectivity index (χ3n) is 3.12. The van der Waals surface area contributed by atoms with Gasteiger partial charge in [0, 0.05) is 17.1 Å². The maximum absolute atomic E-state index is 11.8. The topological polar surface area (TPSA) is 62.6 Å². The molecule has 0 radical (unpaired) electrons. The quantitative estimate of drug-likeness (QED) is 0.705. The minimum atomic E-state index is -0.429. The van der Waals surface area contributed by atoms with E-state index in [-0.39, 0.29) is 12.5 Å². The number of hydrogen-bond acceptors (Lipinski definition) is 2. The van der Waals surface area contributed by atoms with Crippen LogP contribution in [0.15, 0.2) is 24.3 Å². The molecule has 0 bridgehead atoms. The second-order valence-corrected chi connectivity index (χ2v) is 6.36. The van der Waals surface area contributed by atoms with E-state index in [0.29, 0.717) is 24.0 Å². The number of urea groups is 1. The molecule has 3 amide bonds. The third kappa shape index (κ3) is 8.00. The number of imide groups is 1. The summed E-state index contributed by atoms with van der Waals surface area (Å²) in [6.45, 7) is 5.63. The highest BCUT2D eigenvalue weighted by Gasteiger charge is 2.13. The van der Waals surface area contributed by atoms with Gasteiger partial charge < -0.3 is 10.2 Å². The average molecular weight is 327 g/mol. The Morgan fingerprint density at radius 2 is 2.05 bits per heavy atom. The largest absolute Gasteiger partial charge is 0.338 e. The molecule has 0 aliphatic rings. The molecule has 0 fully saturated rings. The number of hydrogen-bond donors (Lipinski definition) is 3. The van der Waals surface area contributed by atoms with Crippen molar-refractivity contribution >= 4 is 23.5 Å². The highest BCUT2D eigenvalue weighted by molar-refractivity contribution is 6.30. The second-order valence-electron chi connectivity index (χ2n) is 5.93. The van der Waals surface area contributed by atoms with Crippen molar-refractivity contribution in [3.8, 4) is 0 Å². The van der Waals surface area contributed by atoms with Gasteiger partial charge in [-0.3, -0.25) is 10.1 Å². The van der Waals surface area contributed by atoms with Crippen LogP contribution in [0.3, 0.4) is 0 Å². The zero-order valence-corrected chi connectivity index (χ0v) is 14.2. The predicted octanol–water partition coefficient (Wildman–Crippen LogP) is 1.23. The Bertz CT molecular complexity index is 506. The molecule has 6 heteroatoms. The fraction of sp³-hybridized carbons (Fsp3) is 0.500. The average Bonchev–Trinajstić information content (AvgIpc) is 2.37. The molecule has 0 spiro atoms. The first-order chi connectivity index (χ1) is 10.4. The van der Waals surface area contributed by atoms with Crippen LogP contribution in [0.5, 0.6) is 0 Å². The summed E-state index contributed by atoms with van der Waals surface area (Å²) < 4.78 is 0. The van der Waals surface area contributed by atoms with Gasteiger partial charge in [0.1, 0.15) is 6.54 Å². The minimum Gasteiger partial charge on any atom is -0.338 e. The zero-order chi connectivity index (χ0) is 16.5. The molecule has 0 heterocycles. The molecule has 0 saturated carbocycles. The number of nitrogens with one attached hydrogen (secondary N) is 3. The van der Waals surface area contributed by atoms with Crippen molar-refractivity contribution in [1.29, 1.82) is 0 Å². The first-order valence-electron chi connectivity index (χ1n) is 7.50. The lowest BCUT2D eigenvalue weighted by atomic mass is 10.1. The fourth-order valence-corrected chi connectivity index (χ4v) is 2.23. The van der Waals surface area contributed by atoms with Gasteiger partial charge in [0.15, 0.2) is 6.54 Å². The lowest BCUT2D eigenvalue weighted by molar-refractivity contribution is -0.885. The van der Waals surface area contributed by atoms with Crippen LogP contribution in [0.4, 0.5) is 4.79 Å². The van der Waals surface area contributed by atoms with Crippen LogP contribution in [0.2, 0.25) is 5.02 Å². The number of halogens is 1. The summed E-state index contributed by atoms with van der Waals surface area (Å²) in [5.74, 6) is 0.228. The molecule has 0 aliphatic heterocycles. The predicted molar refractivity (Wildman–Crippen MR) is 87.9 cm³/mol. The van der Waals surface area contributed by atoms with E-state index in [4.69, 9.17) is 11.6 Å². The van der Waals surface area contributed by atoms with Crippen molar-refractivity contribution in [2.75, 3.05) is 20.1 Å². The van der Waals surface area contributed by atoms with Gasteiger partial charge in [-0.2, -0.15) is 0 Å². The molecule has 5 nitrogen and oxygen atoms in total. The number of likely N-dealkylation sites (N-methyl/N-ethyl adjacent to an activating group) is 1. The van der Waals surface area contributed by atoms with Crippen LogP contribution < -0.4 is 15.5 Å². The normalized spacial score (nSPS) is 12.0. The number of benzene rings is 1. The molecule has 1 rings (SSSR count). The Balaban J connectivity index is 2.30. The van der Waals surface area contributed by atoms with Crippen LogP contribution in [0.1, 0.15) is 25.8 Å². The van der Waals surface area contributed by atoms with Gasteiger partial charge in [0.2, 0.25) is 0 Å². The van der Waals surface area contributed by atoms with Crippen molar-refractivity contribution in [3.05, 3.63) is 34.9 Å². The molecular weight excluding hydrogens is 302 g/mol. The number of carbonyl (C=O) groups excluding carboxylic acids is 2. The lowest BCUT2D eigenvalue weighted by Crippen LogP contribution is -3.09. The van der Waals surface area contributed by atoms with Gasteiger partial charge in [-0.05, 0) is 24.5 Å². The second kappa shape index (κ2) is 9.43. The number of amides is 3. The monoisotopic (exact) mass is 326 g/mol. The van der Waals surface area contributed by atoms with E-state index in [0.717, 1.165) is 16.9 Å². The van der Waals surface area contributed by atoms with E-state index in [1.54, 1.807) is 0 Å². The number of quaternary nitrogens is 1. The number of rotatable bonds is 7. The van der Waals surface area contributed by atoms with Crippen LogP contribution in [-0.2, 0) is 11.3 Å². The lowest BCUT2D eigenvalue weighted by Gasteiger charge is -2.14. The summed E-state index contributed by atoms with van der Waals surface area (Å²) in [5, 5.41) is 5.70. The Hall–Kier alpha value is -1.59. The van der Waals surface area contributed by atoms with Crippen LogP contribution in [0, 0.1) is 5.92 Å². The molecular formula is C16H25ClN3O2+. The van der Waals surface area contributed by atoms with Gasteiger partial charge in [0.05, 0.1) is 7.05 Å². The molecule has 1 atom stereocenters. The first-order valence-corrected chi connectivity index (χ1v) is 7.88. The van der Waals surface area contributed by atoms with Crippen molar-refractivity contribution in [3.63, 3.8) is 0 Å². The van der Waals surface area contributed by atoms with Gasteiger partial charge >= 0.3 is 6.03 Å². The van der Waals surface area contributed by atoms with Gasteiger partial charge in [-0.1, -0.05) is 37.6 Å². The molecule has 1 unspecified atom stereocenters. The van der Waals surface area contributed by atoms with Crippen molar-refractivity contribution < 1.29 is 14.5 Å². The summed E-state index contributed by atoms with van der Waals surface area (Å²) in [5.41, 5.74) is 1.05. The van der Waals surface area contributed by atoms with Gasteiger partial charge in [-0.15, -0.1) is 0 Å². The maximum Gasteiger partial charge on any atom is 0.321 e. The van der Waals surface area contributed by atoms with E-state index in [1.807, 2.05) is 31.3 Å². The van der Waals surface area contributed by atoms with Crippen molar-refractivity contribution in [2.45, 2.75) is 26.8 Å². The van der Waals surface area contributed by atoms with Crippen LogP contribution in [0.25, 0.3) is 0 Å². The van der Waals surface area contributed by atoms with Gasteiger partial charge in [-0.25, -0.2) is 4.79 Å². The highest BCUT2D eigenvalue weighted by Crippen LogP contribution is 2.09. The Kier molecular flexibility index (Phi) is 7.91. The molecule has 0 saturated heterocycles. The molecule has 0 aliphatic carbocycles. The summed E-state index contributed by atoms with van der Waals surface area (Å²) in [4.78, 5) is 24.3. The van der Waals surface area contributed by atoms with Crippen LogP contribution >= 0.6 is 11.6 Å². The smallest absolute Gasteiger partial charge is 0.321 e. The first kappa shape index (κ1) is 18.5. The molecule has 22 heavy (non-hydrogen) atoms. The Morgan fingerprint density at radius 1 is 1.32 bits per heavy atom. The summed E-state index contributed by atoms with van der Waals surface area (Å²) >= 11 is 5.93. The standard InChI is InChI=1S/C16H24ClN3O2/c1-12(2)7-8-18-16(22)19-15(21)11-20(3)10-13-5-4-6-14(17)9-13/h4-6,9,12H,7-8,10-11H2,1-3H3,(H2,18,19,21,22)/p+1. The van der Waals surface area contributed by atoms with Crippen molar-refractivity contribution in [1.82, 2.24) is 10.6 Å².